The van der Waals surface area contributed by atoms with Crippen molar-refractivity contribution < 1.29 is 35.4 Å². The van der Waals surface area contributed by atoms with Gasteiger partial charge in [0.25, 0.3) is 0 Å². The molecule has 0 rings (SSSR count). The molecule has 2 atom stereocenters. The first-order valence-corrected chi connectivity index (χ1v) is 3.55. The highest BCUT2D eigenvalue weighted by atomic mass is 16.9. The van der Waals surface area contributed by atoms with Crippen LogP contribution in [-0.2, 0) is 4.74 Å². The lowest BCUT2D eigenvalue weighted by atomic mass is 10.3. The molecule has 0 aromatic carbocycles. The predicted octanol–water partition coefficient (Wildman–Crippen LogP) is -2.96. The third-order valence-corrected chi connectivity index (χ3v) is 1.39. The molecule has 7 heteroatoms. The van der Waals surface area contributed by atoms with E-state index in [9.17, 15) is 0 Å². The van der Waals surface area contributed by atoms with Gasteiger partial charge < -0.3 is 30.6 Å². The molecule has 0 aliphatic rings. The van der Waals surface area contributed by atoms with Gasteiger partial charge in [-0.15, -0.1) is 0 Å². The fraction of sp³-hybridized carbons (Fsp3) is 1.00. The van der Waals surface area contributed by atoms with Gasteiger partial charge in [0, 0.05) is 0 Å². The average molecular weight is 198 g/mol. The van der Waals surface area contributed by atoms with E-state index in [1.165, 1.54) is 0 Å². The van der Waals surface area contributed by atoms with Crippen LogP contribution in [0.2, 0.25) is 0 Å². The van der Waals surface area contributed by atoms with Crippen LogP contribution in [0.3, 0.4) is 0 Å². The highest BCUT2D eigenvalue weighted by Gasteiger charge is 2.43. The van der Waals surface area contributed by atoms with Gasteiger partial charge >= 0.3 is 11.9 Å². The lowest BCUT2D eigenvalue weighted by Gasteiger charge is -2.33. The maximum absolute atomic E-state index is 8.83. The Kier molecular flexibility index (Phi) is 3.76. The molecule has 2 unspecified atom stereocenters. The highest BCUT2D eigenvalue weighted by molar-refractivity contribution is 4.66. The minimum Gasteiger partial charge on any atom is -0.385 e. The standard InChI is InChI=1S/C6H14O7/c1-3(7)5(9,10)13-6(11,12)4(2)8/h3-4,7-12H,1-2H3. The second kappa shape index (κ2) is 3.84. The summed E-state index contributed by atoms with van der Waals surface area (Å²) in [7, 11) is 0. The molecular weight excluding hydrogens is 184 g/mol. The number of hydrogen-bond acceptors (Lipinski definition) is 7. The van der Waals surface area contributed by atoms with Gasteiger partial charge in [-0.1, -0.05) is 0 Å². The van der Waals surface area contributed by atoms with Crippen LogP contribution in [0.5, 0.6) is 0 Å². The third-order valence-electron chi connectivity index (χ3n) is 1.39. The van der Waals surface area contributed by atoms with Crippen LogP contribution in [0, 0.1) is 0 Å². The van der Waals surface area contributed by atoms with Gasteiger partial charge in [0.1, 0.15) is 12.2 Å². The van der Waals surface area contributed by atoms with Crippen molar-refractivity contribution >= 4 is 0 Å². The van der Waals surface area contributed by atoms with Gasteiger partial charge in [-0.25, -0.2) is 0 Å². The molecule has 0 aliphatic heterocycles. The summed E-state index contributed by atoms with van der Waals surface area (Å²) in [4.78, 5) is 0. The lowest BCUT2D eigenvalue weighted by Crippen LogP contribution is -2.55. The van der Waals surface area contributed by atoms with Crippen molar-refractivity contribution in [2.24, 2.45) is 0 Å². The molecule has 0 amide bonds. The zero-order chi connectivity index (χ0) is 10.9. The van der Waals surface area contributed by atoms with Crippen LogP contribution in [-0.4, -0.2) is 54.8 Å². The summed E-state index contributed by atoms with van der Waals surface area (Å²) in [6.07, 6.45) is -3.55. The van der Waals surface area contributed by atoms with E-state index in [4.69, 9.17) is 30.6 Å². The molecule has 0 aromatic heterocycles. The minimum absolute atomic E-state index is 0.956. The van der Waals surface area contributed by atoms with Crippen molar-refractivity contribution in [2.45, 2.75) is 38.0 Å². The molecule has 0 radical (unpaired) electrons. The summed E-state index contributed by atoms with van der Waals surface area (Å²) in [6.45, 7) is 1.91. The lowest BCUT2D eigenvalue weighted by molar-refractivity contribution is -0.501. The number of hydrogen-bond donors (Lipinski definition) is 6. The first kappa shape index (κ1) is 12.7. The first-order valence-electron chi connectivity index (χ1n) is 3.55. The normalized spacial score (nSPS) is 18.5. The molecule has 7 nitrogen and oxygen atoms in total. The molecule has 0 aliphatic carbocycles. The van der Waals surface area contributed by atoms with E-state index in [1.807, 2.05) is 0 Å². The van der Waals surface area contributed by atoms with Crippen molar-refractivity contribution in [1.29, 1.82) is 0 Å². The highest BCUT2D eigenvalue weighted by Crippen LogP contribution is 2.18. The monoisotopic (exact) mass is 198 g/mol. The fourth-order valence-corrected chi connectivity index (χ4v) is 0.392. The van der Waals surface area contributed by atoms with Crippen LogP contribution in [0.1, 0.15) is 13.8 Å². The zero-order valence-corrected chi connectivity index (χ0v) is 7.25. The predicted molar refractivity (Wildman–Crippen MR) is 38.8 cm³/mol. The van der Waals surface area contributed by atoms with E-state index < -0.39 is 24.2 Å². The maximum atomic E-state index is 8.83. The molecule has 0 saturated heterocycles. The Morgan fingerprint density at radius 2 is 1.08 bits per heavy atom. The quantitative estimate of drug-likeness (QED) is 0.266. The van der Waals surface area contributed by atoms with Gasteiger partial charge in [-0.3, -0.25) is 4.74 Å². The summed E-state index contributed by atoms with van der Waals surface area (Å²) in [5.74, 6) is -6.28. The summed E-state index contributed by atoms with van der Waals surface area (Å²) in [6, 6.07) is 0. The summed E-state index contributed by atoms with van der Waals surface area (Å²) in [5.41, 5.74) is 0. The SMILES string of the molecule is CC(O)C(O)(O)OC(O)(O)C(C)O. The summed E-state index contributed by atoms with van der Waals surface area (Å²) >= 11 is 0. The Balaban J connectivity index is 4.42. The van der Waals surface area contributed by atoms with E-state index in [-0.39, 0.29) is 0 Å². The molecule has 80 valence electrons. The molecule has 6 N–H and O–H groups in total. The molecule has 13 heavy (non-hydrogen) atoms. The second-order valence-electron chi connectivity index (χ2n) is 2.77. The van der Waals surface area contributed by atoms with E-state index in [2.05, 4.69) is 4.74 Å². The molecular formula is C6H14O7. The van der Waals surface area contributed by atoms with E-state index in [1.54, 1.807) is 0 Å². The van der Waals surface area contributed by atoms with Crippen LogP contribution in [0.4, 0.5) is 0 Å². The van der Waals surface area contributed by atoms with Crippen molar-refractivity contribution in [3.05, 3.63) is 0 Å². The van der Waals surface area contributed by atoms with Crippen LogP contribution in [0.25, 0.3) is 0 Å². The van der Waals surface area contributed by atoms with Gasteiger partial charge in [0.15, 0.2) is 0 Å². The van der Waals surface area contributed by atoms with Crippen molar-refractivity contribution in [3.63, 3.8) is 0 Å². The number of rotatable bonds is 4. The van der Waals surface area contributed by atoms with Crippen molar-refractivity contribution in [3.8, 4) is 0 Å². The Bertz CT molecular complexity index is 144. The van der Waals surface area contributed by atoms with Crippen LogP contribution in [0.15, 0.2) is 0 Å². The van der Waals surface area contributed by atoms with Gasteiger partial charge in [-0.05, 0) is 13.8 Å². The zero-order valence-electron chi connectivity index (χ0n) is 7.25. The minimum atomic E-state index is -3.14. The van der Waals surface area contributed by atoms with E-state index in [0.717, 1.165) is 13.8 Å². The van der Waals surface area contributed by atoms with Crippen LogP contribution >= 0.6 is 0 Å². The molecule has 0 saturated carbocycles. The number of aliphatic hydroxyl groups excluding tert-OH is 2. The molecule has 0 heterocycles. The number of aliphatic hydroxyl groups is 6. The first-order chi connectivity index (χ1) is 5.59. The van der Waals surface area contributed by atoms with Gasteiger partial charge in [-0.2, -0.15) is 0 Å². The largest absolute Gasteiger partial charge is 0.385 e. The number of ether oxygens (including phenoxy) is 1. The topological polar surface area (TPSA) is 131 Å². The Morgan fingerprint density at radius 3 is 1.23 bits per heavy atom. The maximum Gasteiger partial charge on any atom is 0.309 e. The van der Waals surface area contributed by atoms with Gasteiger partial charge in [0.05, 0.1) is 0 Å². The Labute approximate surface area is 74.4 Å². The summed E-state index contributed by atoms with van der Waals surface area (Å²) < 4.78 is 3.87. The van der Waals surface area contributed by atoms with E-state index >= 15 is 0 Å². The molecule has 0 bridgehead atoms. The molecule has 0 aromatic rings. The second-order valence-corrected chi connectivity index (χ2v) is 2.77. The Hall–Kier alpha value is -0.280. The van der Waals surface area contributed by atoms with Crippen LogP contribution < -0.4 is 0 Å². The smallest absolute Gasteiger partial charge is 0.309 e. The van der Waals surface area contributed by atoms with E-state index in [0.29, 0.717) is 0 Å². The van der Waals surface area contributed by atoms with Crippen molar-refractivity contribution in [1.82, 2.24) is 0 Å². The molecule has 0 spiro atoms. The molecule has 0 fully saturated rings. The average Bonchev–Trinajstić information content (AvgIpc) is 1.83. The Morgan fingerprint density at radius 1 is 0.846 bits per heavy atom. The third kappa shape index (κ3) is 3.53. The summed E-state index contributed by atoms with van der Waals surface area (Å²) in [5, 5.41) is 52.7. The van der Waals surface area contributed by atoms with Gasteiger partial charge in [0.2, 0.25) is 0 Å². The fourth-order valence-electron chi connectivity index (χ4n) is 0.392. The van der Waals surface area contributed by atoms with Crippen molar-refractivity contribution in [2.75, 3.05) is 0 Å².